The zero-order chi connectivity index (χ0) is 14.4. The average molecular weight is 282 g/mol. The Labute approximate surface area is 123 Å². The Morgan fingerprint density at radius 1 is 1.30 bits per heavy atom. The third-order valence-corrected chi connectivity index (χ3v) is 4.99. The van der Waals surface area contributed by atoms with Gasteiger partial charge in [-0.3, -0.25) is 4.79 Å². The molecule has 0 aromatic rings. The minimum atomic E-state index is -0.0146. The summed E-state index contributed by atoms with van der Waals surface area (Å²) in [7, 11) is 0. The molecule has 2 rings (SSSR count). The van der Waals surface area contributed by atoms with Crippen molar-refractivity contribution in [2.45, 2.75) is 82.9 Å². The fraction of sp³-hybridized carbons (Fsp3) is 0.938. The van der Waals surface area contributed by atoms with Gasteiger partial charge in [-0.15, -0.1) is 0 Å². The summed E-state index contributed by atoms with van der Waals surface area (Å²) >= 11 is 0. The van der Waals surface area contributed by atoms with Crippen LogP contribution in [0.1, 0.15) is 65.2 Å². The van der Waals surface area contributed by atoms with E-state index in [-0.39, 0.29) is 11.5 Å². The van der Waals surface area contributed by atoms with Crippen LogP contribution in [0, 0.1) is 0 Å². The van der Waals surface area contributed by atoms with E-state index in [1.807, 2.05) is 0 Å². The van der Waals surface area contributed by atoms with Gasteiger partial charge in [-0.05, 0) is 45.1 Å². The highest BCUT2D eigenvalue weighted by molar-refractivity contribution is 5.76. The molecule has 0 bridgehead atoms. The van der Waals surface area contributed by atoms with Crippen LogP contribution in [0.25, 0.3) is 0 Å². The van der Waals surface area contributed by atoms with Crippen LogP contribution in [-0.4, -0.2) is 36.7 Å². The van der Waals surface area contributed by atoms with Crippen LogP contribution in [-0.2, 0) is 9.53 Å². The van der Waals surface area contributed by atoms with Gasteiger partial charge >= 0.3 is 0 Å². The standard InChI is InChI=1S/C16H30N2O2/c1-3-16(4-2)12-14(8-10-20-16)18-15(19)11-13-7-5-6-9-17-13/h13-14,17H,3-12H2,1-2H3,(H,18,19). The predicted molar refractivity (Wildman–Crippen MR) is 80.7 cm³/mol. The van der Waals surface area contributed by atoms with Crippen LogP contribution in [0.4, 0.5) is 0 Å². The Kier molecular flexibility index (Phi) is 5.85. The number of carbonyl (C=O) groups is 1. The summed E-state index contributed by atoms with van der Waals surface area (Å²) in [4.78, 5) is 12.2. The smallest absolute Gasteiger partial charge is 0.221 e. The molecule has 2 aliphatic rings. The molecule has 2 unspecified atom stereocenters. The van der Waals surface area contributed by atoms with Crippen molar-refractivity contribution >= 4 is 5.91 Å². The summed E-state index contributed by atoms with van der Waals surface area (Å²) in [5, 5.41) is 6.67. The van der Waals surface area contributed by atoms with Gasteiger partial charge in [0, 0.05) is 25.1 Å². The van der Waals surface area contributed by atoms with E-state index in [0.29, 0.717) is 18.5 Å². The Morgan fingerprint density at radius 3 is 2.75 bits per heavy atom. The van der Waals surface area contributed by atoms with Crippen molar-refractivity contribution in [3.05, 3.63) is 0 Å². The van der Waals surface area contributed by atoms with Gasteiger partial charge in [0.1, 0.15) is 0 Å². The lowest BCUT2D eigenvalue weighted by atomic mass is 9.86. The van der Waals surface area contributed by atoms with Gasteiger partial charge in [-0.2, -0.15) is 0 Å². The van der Waals surface area contributed by atoms with Gasteiger partial charge in [0.2, 0.25) is 5.91 Å². The van der Waals surface area contributed by atoms with E-state index < -0.39 is 0 Å². The quantitative estimate of drug-likeness (QED) is 0.814. The molecular weight excluding hydrogens is 252 g/mol. The van der Waals surface area contributed by atoms with Gasteiger partial charge < -0.3 is 15.4 Å². The number of hydrogen-bond donors (Lipinski definition) is 2. The Hall–Kier alpha value is -0.610. The molecule has 0 spiro atoms. The van der Waals surface area contributed by atoms with E-state index in [1.54, 1.807) is 0 Å². The molecule has 116 valence electrons. The summed E-state index contributed by atoms with van der Waals surface area (Å²) in [6.45, 7) is 6.19. The van der Waals surface area contributed by atoms with E-state index in [1.165, 1.54) is 12.8 Å². The SMILES string of the molecule is CCC1(CC)CC(NC(=O)CC2CCCCN2)CCO1. The predicted octanol–water partition coefficient (Wildman–Crippen LogP) is 2.37. The van der Waals surface area contributed by atoms with Crippen molar-refractivity contribution in [1.29, 1.82) is 0 Å². The second-order valence-electron chi connectivity index (χ2n) is 6.35. The van der Waals surface area contributed by atoms with E-state index >= 15 is 0 Å². The molecule has 2 heterocycles. The number of carbonyl (C=O) groups excluding carboxylic acids is 1. The molecule has 2 N–H and O–H groups in total. The summed E-state index contributed by atoms with van der Waals surface area (Å²) in [6, 6.07) is 0.672. The van der Waals surface area contributed by atoms with Crippen LogP contribution in [0.15, 0.2) is 0 Å². The van der Waals surface area contributed by atoms with Gasteiger partial charge in [0.25, 0.3) is 0 Å². The molecular formula is C16H30N2O2. The first-order chi connectivity index (χ1) is 9.67. The topological polar surface area (TPSA) is 50.4 Å². The highest BCUT2D eigenvalue weighted by Crippen LogP contribution is 2.31. The fourth-order valence-electron chi connectivity index (χ4n) is 3.50. The lowest BCUT2D eigenvalue weighted by Gasteiger charge is -2.40. The van der Waals surface area contributed by atoms with E-state index in [2.05, 4.69) is 24.5 Å². The molecule has 0 aliphatic carbocycles. The molecule has 2 fully saturated rings. The van der Waals surface area contributed by atoms with Gasteiger partial charge in [0.15, 0.2) is 0 Å². The minimum Gasteiger partial charge on any atom is -0.375 e. The Balaban J connectivity index is 1.78. The Bertz CT molecular complexity index is 310. The molecule has 2 saturated heterocycles. The third-order valence-electron chi connectivity index (χ3n) is 4.99. The number of nitrogens with one attached hydrogen (secondary N) is 2. The van der Waals surface area contributed by atoms with Gasteiger partial charge in [-0.25, -0.2) is 0 Å². The van der Waals surface area contributed by atoms with Crippen molar-refractivity contribution in [3.63, 3.8) is 0 Å². The first-order valence-electron chi connectivity index (χ1n) is 8.34. The zero-order valence-corrected chi connectivity index (χ0v) is 13.0. The minimum absolute atomic E-state index is 0.0146. The second kappa shape index (κ2) is 7.41. The fourth-order valence-corrected chi connectivity index (χ4v) is 3.50. The Morgan fingerprint density at radius 2 is 2.10 bits per heavy atom. The highest BCUT2D eigenvalue weighted by atomic mass is 16.5. The van der Waals surface area contributed by atoms with Crippen LogP contribution in [0.3, 0.4) is 0 Å². The molecule has 2 atom stereocenters. The number of ether oxygens (including phenoxy) is 1. The summed E-state index contributed by atoms with van der Waals surface area (Å²) in [5.41, 5.74) is -0.0146. The van der Waals surface area contributed by atoms with E-state index in [9.17, 15) is 4.79 Å². The number of hydrogen-bond acceptors (Lipinski definition) is 3. The molecule has 0 radical (unpaired) electrons. The summed E-state index contributed by atoms with van der Waals surface area (Å²) in [6.07, 6.45) is 8.22. The lowest BCUT2D eigenvalue weighted by Crippen LogP contribution is -2.49. The van der Waals surface area contributed by atoms with Crippen molar-refractivity contribution in [1.82, 2.24) is 10.6 Å². The van der Waals surface area contributed by atoms with Gasteiger partial charge in [0.05, 0.1) is 5.60 Å². The van der Waals surface area contributed by atoms with Crippen LogP contribution >= 0.6 is 0 Å². The summed E-state index contributed by atoms with van der Waals surface area (Å²) < 4.78 is 5.96. The molecule has 4 heteroatoms. The highest BCUT2D eigenvalue weighted by Gasteiger charge is 2.35. The number of piperidine rings is 1. The molecule has 20 heavy (non-hydrogen) atoms. The van der Waals surface area contributed by atoms with E-state index in [4.69, 9.17) is 4.74 Å². The largest absolute Gasteiger partial charge is 0.375 e. The molecule has 4 nitrogen and oxygen atoms in total. The molecule has 0 aromatic heterocycles. The lowest BCUT2D eigenvalue weighted by molar-refractivity contribution is -0.126. The molecule has 2 aliphatic heterocycles. The van der Waals surface area contributed by atoms with Crippen LogP contribution in [0.2, 0.25) is 0 Å². The normalized spacial score (nSPS) is 29.9. The molecule has 0 saturated carbocycles. The zero-order valence-electron chi connectivity index (χ0n) is 13.0. The van der Waals surface area contributed by atoms with E-state index in [0.717, 1.165) is 45.3 Å². The maximum Gasteiger partial charge on any atom is 0.221 e. The molecule has 0 aromatic carbocycles. The number of rotatable bonds is 5. The second-order valence-corrected chi connectivity index (χ2v) is 6.35. The monoisotopic (exact) mass is 282 g/mol. The van der Waals surface area contributed by atoms with Crippen molar-refractivity contribution in [2.75, 3.05) is 13.2 Å². The van der Waals surface area contributed by atoms with Crippen molar-refractivity contribution in [3.8, 4) is 0 Å². The average Bonchev–Trinajstić information content (AvgIpc) is 2.48. The van der Waals surface area contributed by atoms with Crippen LogP contribution < -0.4 is 10.6 Å². The number of amides is 1. The third kappa shape index (κ3) is 4.19. The van der Waals surface area contributed by atoms with Crippen molar-refractivity contribution in [2.24, 2.45) is 0 Å². The van der Waals surface area contributed by atoms with Crippen LogP contribution in [0.5, 0.6) is 0 Å². The summed E-state index contributed by atoms with van der Waals surface area (Å²) in [5.74, 6) is 0.206. The first kappa shape index (κ1) is 15.8. The van der Waals surface area contributed by atoms with Gasteiger partial charge in [-0.1, -0.05) is 20.3 Å². The molecule has 1 amide bonds. The van der Waals surface area contributed by atoms with Crippen molar-refractivity contribution < 1.29 is 9.53 Å². The maximum absolute atomic E-state index is 12.2. The first-order valence-corrected chi connectivity index (χ1v) is 8.34. The maximum atomic E-state index is 12.2.